The number of hydrogen-bond acceptors (Lipinski definition) is 5. The first kappa shape index (κ1) is 7.63. The highest BCUT2D eigenvalue weighted by atomic mass is 16.3. The Hall–Kier alpha value is -1.01. The first-order valence-electron chi connectivity index (χ1n) is 3.99. The average Bonchev–Trinajstić information content (AvgIpc) is 2.42. The van der Waals surface area contributed by atoms with Gasteiger partial charge in [0.15, 0.2) is 5.82 Å². The normalized spacial score (nSPS) is 29.5. The number of rotatable bonds is 0. The van der Waals surface area contributed by atoms with Gasteiger partial charge in [-0.05, 0) is 23.3 Å². The van der Waals surface area contributed by atoms with Crippen molar-refractivity contribution in [3.63, 3.8) is 0 Å². The highest BCUT2D eigenvalue weighted by Gasteiger charge is 2.29. The molecule has 6 heteroatoms. The van der Waals surface area contributed by atoms with Crippen molar-refractivity contribution in [3.05, 3.63) is 5.82 Å². The van der Waals surface area contributed by atoms with Crippen molar-refractivity contribution in [1.29, 1.82) is 0 Å². The molecule has 1 aromatic heterocycles. The molecule has 3 N–H and O–H groups in total. The maximum absolute atomic E-state index is 9.69. The smallest absolute Gasteiger partial charge is 0.215 e. The summed E-state index contributed by atoms with van der Waals surface area (Å²) in [5.74, 6) is -0.729. The summed E-state index contributed by atoms with van der Waals surface area (Å²) in [6, 6.07) is 0. The van der Waals surface area contributed by atoms with Crippen molar-refractivity contribution in [2.75, 3.05) is 0 Å². The Balaban J connectivity index is 2.43. The van der Waals surface area contributed by atoms with Gasteiger partial charge in [-0.2, -0.15) is 4.68 Å². The molecule has 1 atom stereocenters. The molecule has 0 radical (unpaired) electrons. The molecule has 0 spiro atoms. The Kier molecular flexibility index (Phi) is 1.59. The summed E-state index contributed by atoms with van der Waals surface area (Å²) < 4.78 is 1.31. The molecule has 1 unspecified atom stereocenters. The van der Waals surface area contributed by atoms with Crippen LogP contribution in [-0.2, 0) is 12.3 Å². The van der Waals surface area contributed by atoms with Crippen LogP contribution >= 0.6 is 0 Å². The summed E-state index contributed by atoms with van der Waals surface area (Å²) in [6.45, 7) is 0. The summed E-state index contributed by atoms with van der Waals surface area (Å²) in [6.07, 6.45) is 3.15. The zero-order valence-electron chi connectivity index (χ0n) is 6.64. The molecule has 12 heavy (non-hydrogen) atoms. The van der Waals surface area contributed by atoms with Crippen LogP contribution in [0.5, 0.6) is 0 Å². The lowest BCUT2D eigenvalue weighted by Gasteiger charge is -2.20. The highest BCUT2D eigenvalue weighted by Crippen LogP contribution is 2.19. The molecule has 1 aliphatic rings. The molecule has 1 aliphatic heterocycles. The monoisotopic (exact) mass is 169 g/mol. The molecule has 1 aromatic rings. The fraction of sp³-hybridized carbons (Fsp3) is 0.833. The van der Waals surface area contributed by atoms with E-state index in [1.807, 2.05) is 0 Å². The van der Waals surface area contributed by atoms with Gasteiger partial charge < -0.3 is 5.11 Å². The minimum Gasteiger partial charge on any atom is -0.357 e. The van der Waals surface area contributed by atoms with Crippen molar-refractivity contribution < 1.29 is 5.11 Å². The number of nitrogens with two attached hydrogens (primary N) is 1. The van der Waals surface area contributed by atoms with Crippen LogP contribution in [0.1, 0.15) is 25.1 Å². The molecule has 0 saturated carbocycles. The lowest BCUT2D eigenvalue weighted by Crippen LogP contribution is -2.43. The van der Waals surface area contributed by atoms with Crippen molar-refractivity contribution in [2.45, 2.75) is 31.5 Å². The van der Waals surface area contributed by atoms with E-state index in [1.165, 1.54) is 4.68 Å². The van der Waals surface area contributed by atoms with Crippen LogP contribution in [0.25, 0.3) is 0 Å². The summed E-state index contributed by atoms with van der Waals surface area (Å²) in [4.78, 5) is 0. The first-order valence-corrected chi connectivity index (χ1v) is 3.99. The Morgan fingerprint density at radius 3 is 3.17 bits per heavy atom. The van der Waals surface area contributed by atoms with E-state index < -0.39 is 5.85 Å². The third kappa shape index (κ3) is 1.09. The molecule has 66 valence electrons. The Bertz CT molecular complexity index is 281. The van der Waals surface area contributed by atoms with Gasteiger partial charge in [-0.25, -0.2) is 0 Å². The minimum atomic E-state index is -1.39. The van der Waals surface area contributed by atoms with E-state index in [-0.39, 0.29) is 0 Å². The molecule has 2 rings (SSSR count). The standard InChI is InChI=1S/C6H11N5O/c7-6(12)4-2-1-3-5-8-9-10-11(5)6/h12H,1-4,7H2. The van der Waals surface area contributed by atoms with E-state index in [2.05, 4.69) is 15.5 Å². The Labute approximate surface area is 69.4 Å². The van der Waals surface area contributed by atoms with E-state index in [1.54, 1.807) is 0 Å². The number of aliphatic hydroxyl groups is 1. The first-order chi connectivity index (χ1) is 5.70. The van der Waals surface area contributed by atoms with E-state index in [0.29, 0.717) is 12.2 Å². The van der Waals surface area contributed by atoms with Gasteiger partial charge in [-0.15, -0.1) is 5.10 Å². The lowest BCUT2D eigenvalue weighted by atomic mass is 10.2. The van der Waals surface area contributed by atoms with Gasteiger partial charge in [0.1, 0.15) is 0 Å². The van der Waals surface area contributed by atoms with Gasteiger partial charge in [0, 0.05) is 12.8 Å². The number of tetrazole rings is 1. The Morgan fingerprint density at radius 2 is 2.33 bits per heavy atom. The molecule has 6 nitrogen and oxygen atoms in total. The lowest BCUT2D eigenvalue weighted by molar-refractivity contribution is -0.0523. The number of aryl methyl sites for hydroxylation is 1. The van der Waals surface area contributed by atoms with Crippen LogP contribution in [0.4, 0.5) is 0 Å². The van der Waals surface area contributed by atoms with Crippen molar-refractivity contribution in [1.82, 2.24) is 20.2 Å². The summed E-state index contributed by atoms with van der Waals surface area (Å²) in [5.41, 5.74) is 5.61. The average molecular weight is 169 g/mol. The predicted molar refractivity (Wildman–Crippen MR) is 39.8 cm³/mol. The number of fused-ring (bicyclic) bond motifs is 1. The van der Waals surface area contributed by atoms with Crippen LogP contribution in [-0.4, -0.2) is 25.3 Å². The maximum atomic E-state index is 9.69. The van der Waals surface area contributed by atoms with Crippen molar-refractivity contribution >= 4 is 0 Å². The van der Waals surface area contributed by atoms with Gasteiger partial charge >= 0.3 is 0 Å². The largest absolute Gasteiger partial charge is 0.357 e. The Morgan fingerprint density at radius 1 is 1.50 bits per heavy atom. The zero-order chi connectivity index (χ0) is 8.60. The molecule has 2 heterocycles. The van der Waals surface area contributed by atoms with Crippen molar-refractivity contribution in [2.24, 2.45) is 5.73 Å². The number of nitrogens with zero attached hydrogens (tertiary/aromatic N) is 4. The SMILES string of the molecule is NC1(O)CCCCc2nnnn21. The fourth-order valence-corrected chi connectivity index (χ4v) is 1.44. The minimum absolute atomic E-state index is 0.505. The summed E-state index contributed by atoms with van der Waals surface area (Å²) in [5, 5.41) is 20.6. The van der Waals surface area contributed by atoms with Gasteiger partial charge in [-0.3, -0.25) is 5.73 Å². The van der Waals surface area contributed by atoms with E-state index in [0.717, 1.165) is 19.3 Å². The molecule has 0 amide bonds. The second kappa shape index (κ2) is 2.49. The van der Waals surface area contributed by atoms with Gasteiger partial charge in [0.25, 0.3) is 0 Å². The second-order valence-corrected chi connectivity index (χ2v) is 3.09. The molecule has 0 saturated heterocycles. The van der Waals surface area contributed by atoms with Crippen LogP contribution < -0.4 is 5.73 Å². The maximum Gasteiger partial charge on any atom is 0.215 e. The summed E-state index contributed by atoms with van der Waals surface area (Å²) in [7, 11) is 0. The van der Waals surface area contributed by atoms with Crippen LogP contribution in [0.15, 0.2) is 0 Å². The van der Waals surface area contributed by atoms with Crippen LogP contribution in [0.2, 0.25) is 0 Å². The van der Waals surface area contributed by atoms with Gasteiger partial charge in [-0.1, -0.05) is 0 Å². The highest BCUT2D eigenvalue weighted by molar-refractivity contribution is 4.88. The van der Waals surface area contributed by atoms with Gasteiger partial charge in [0.2, 0.25) is 5.85 Å². The fourth-order valence-electron chi connectivity index (χ4n) is 1.44. The molecule has 0 fully saturated rings. The van der Waals surface area contributed by atoms with E-state index in [9.17, 15) is 5.11 Å². The zero-order valence-corrected chi connectivity index (χ0v) is 6.64. The molecular formula is C6H11N5O. The van der Waals surface area contributed by atoms with Crippen LogP contribution in [0.3, 0.4) is 0 Å². The molecule has 0 aliphatic carbocycles. The topological polar surface area (TPSA) is 89.8 Å². The summed E-state index contributed by atoms with van der Waals surface area (Å²) >= 11 is 0. The molecule has 0 bridgehead atoms. The predicted octanol–water partition coefficient (Wildman–Crippen LogP) is -1.04. The second-order valence-electron chi connectivity index (χ2n) is 3.09. The van der Waals surface area contributed by atoms with Crippen LogP contribution in [0, 0.1) is 0 Å². The van der Waals surface area contributed by atoms with E-state index in [4.69, 9.17) is 5.73 Å². The van der Waals surface area contributed by atoms with E-state index >= 15 is 0 Å². The quantitative estimate of drug-likeness (QED) is 0.484. The van der Waals surface area contributed by atoms with Gasteiger partial charge in [0.05, 0.1) is 0 Å². The number of hydrogen-bond donors (Lipinski definition) is 2. The number of aromatic nitrogens is 4. The molecular weight excluding hydrogens is 158 g/mol. The van der Waals surface area contributed by atoms with Crippen molar-refractivity contribution in [3.8, 4) is 0 Å². The third-order valence-corrected chi connectivity index (χ3v) is 2.10. The third-order valence-electron chi connectivity index (χ3n) is 2.10. The molecule has 0 aromatic carbocycles.